The third-order valence-corrected chi connectivity index (χ3v) is 3.31. The second kappa shape index (κ2) is 2.43. The van der Waals surface area contributed by atoms with E-state index in [1.54, 1.807) is 0 Å². The summed E-state index contributed by atoms with van der Waals surface area (Å²) in [5.74, 6) is 0.370. The standard InChI is InChI=1S/C9H13ClN2/c1-9-7(4-6-12(9)2)8(10)3-5-11-9/h3-8,11H,1-2H3. The quantitative estimate of drug-likeness (QED) is 0.574. The lowest BCUT2D eigenvalue weighted by Gasteiger charge is -2.42. The number of alkyl halides is 1. The minimum atomic E-state index is -0.0266. The summed E-state index contributed by atoms with van der Waals surface area (Å²) in [5, 5.41) is 3.44. The highest BCUT2D eigenvalue weighted by Gasteiger charge is 2.43. The van der Waals surface area contributed by atoms with E-state index in [4.69, 9.17) is 11.6 Å². The van der Waals surface area contributed by atoms with Gasteiger partial charge in [-0.1, -0.05) is 12.2 Å². The summed E-state index contributed by atoms with van der Waals surface area (Å²) in [6, 6.07) is 0. The number of allylic oxidation sites excluding steroid dienone is 1. The lowest BCUT2D eigenvalue weighted by atomic mass is 9.90. The Kier molecular flexibility index (Phi) is 1.62. The van der Waals surface area contributed by atoms with E-state index in [1.165, 1.54) is 0 Å². The van der Waals surface area contributed by atoms with E-state index in [0.29, 0.717) is 5.92 Å². The number of nitrogens with one attached hydrogen (secondary N) is 1. The van der Waals surface area contributed by atoms with Gasteiger partial charge in [-0.2, -0.15) is 0 Å². The highest BCUT2D eigenvalue weighted by atomic mass is 35.5. The van der Waals surface area contributed by atoms with Crippen molar-refractivity contribution < 1.29 is 0 Å². The molecule has 2 rings (SSSR count). The Bertz CT molecular complexity index is 249. The first-order valence-electron chi connectivity index (χ1n) is 4.14. The second-order valence-corrected chi connectivity index (χ2v) is 4.08. The van der Waals surface area contributed by atoms with E-state index in [1.807, 2.05) is 12.3 Å². The first kappa shape index (κ1) is 7.99. The fourth-order valence-corrected chi connectivity index (χ4v) is 2.24. The molecule has 0 saturated heterocycles. The van der Waals surface area contributed by atoms with Crippen molar-refractivity contribution in [3.8, 4) is 0 Å². The average Bonchev–Trinajstić information content (AvgIpc) is 2.30. The zero-order chi connectivity index (χ0) is 8.77. The molecule has 2 heterocycles. The minimum Gasteiger partial charge on any atom is -0.369 e. The Balaban J connectivity index is 2.33. The number of hydrogen-bond donors (Lipinski definition) is 1. The molecule has 1 N–H and O–H groups in total. The molecule has 0 aromatic rings. The highest BCUT2D eigenvalue weighted by molar-refractivity contribution is 6.22. The number of fused-ring (bicyclic) bond motifs is 1. The van der Waals surface area contributed by atoms with Crippen LogP contribution < -0.4 is 5.32 Å². The molecule has 12 heavy (non-hydrogen) atoms. The van der Waals surface area contributed by atoms with Gasteiger partial charge < -0.3 is 10.2 Å². The molecule has 0 saturated carbocycles. The van der Waals surface area contributed by atoms with Crippen molar-refractivity contribution >= 4 is 11.6 Å². The summed E-state index contributed by atoms with van der Waals surface area (Å²) < 4.78 is 0. The van der Waals surface area contributed by atoms with Crippen LogP contribution in [0, 0.1) is 5.92 Å². The van der Waals surface area contributed by atoms with Crippen LogP contribution in [0.25, 0.3) is 0 Å². The Hall–Kier alpha value is -0.630. The van der Waals surface area contributed by atoms with Crippen molar-refractivity contribution in [3.63, 3.8) is 0 Å². The van der Waals surface area contributed by atoms with Gasteiger partial charge in [0.05, 0.1) is 5.38 Å². The maximum absolute atomic E-state index is 6.17. The van der Waals surface area contributed by atoms with Crippen molar-refractivity contribution in [2.45, 2.75) is 18.0 Å². The third-order valence-electron chi connectivity index (χ3n) is 2.90. The van der Waals surface area contributed by atoms with Crippen molar-refractivity contribution in [1.29, 1.82) is 0 Å². The normalized spacial score (nSPS) is 44.4. The molecule has 0 aromatic carbocycles. The maximum atomic E-state index is 6.17. The zero-order valence-corrected chi connectivity index (χ0v) is 8.05. The molecule has 0 bridgehead atoms. The van der Waals surface area contributed by atoms with E-state index in [9.17, 15) is 0 Å². The molecule has 0 amide bonds. The largest absolute Gasteiger partial charge is 0.369 e. The van der Waals surface area contributed by atoms with Gasteiger partial charge in [0.25, 0.3) is 0 Å². The molecule has 3 atom stereocenters. The summed E-state index contributed by atoms with van der Waals surface area (Å²) in [6.45, 7) is 2.16. The number of rotatable bonds is 0. The van der Waals surface area contributed by atoms with Gasteiger partial charge in [-0.05, 0) is 19.3 Å². The monoisotopic (exact) mass is 184 g/mol. The third kappa shape index (κ3) is 0.876. The summed E-state index contributed by atoms with van der Waals surface area (Å²) >= 11 is 6.17. The SMILES string of the molecule is CN1C=CC2C(Cl)C=CNC21C. The van der Waals surface area contributed by atoms with Gasteiger partial charge in [0, 0.05) is 13.0 Å². The van der Waals surface area contributed by atoms with Crippen molar-refractivity contribution in [1.82, 2.24) is 10.2 Å². The predicted octanol–water partition coefficient (Wildman–Crippen LogP) is 1.50. The molecular formula is C9H13ClN2. The zero-order valence-electron chi connectivity index (χ0n) is 7.29. The van der Waals surface area contributed by atoms with Gasteiger partial charge in [0.1, 0.15) is 5.66 Å². The number of nitrogens with zero attached hydrogens (tertiary/aromatic N) is 1. The van der Waals surface area contributed by atoms with Crippen LogP contribution in [0.1, 0.15) is 6.92 Å². The van der Waals surface area contributed by atoms with Crippen LogP contribution in [0.4, 0.5) is 0 Å². The minimum absolute atomic E-state index is 0.0266. The Morgan fingerprint density at radius 2 is 2.25 bits per heavy atom. The van der Waals surface area contributed by atoms with Gasteiger partial charge in [-0.3, -0.25) is 0 Å². The molecule has 3 unspecified atom stereocenters. The topological polar surface area (TPSA) is 15.3 Å². The van der Waals surface area contributed by atoms with E-state index in [0.717, 1.165) is 0 Å². The first-order chi connectivity index (χ1) is 5.64. The fourth-order valence-electron chi connectivity index (χ4n) is 1.84. The Morgan fingerprint density at radius 3 is 2.92 bits per heavy atom. The molecule has 0 aliphatic carbocycles. The van der Waals surface area contributed by atoms with Crippen LogP contribution >= 0.6 is 11.6 Å². The Morgan fingerprint density at radius 1 is 1.50 bits per heavy atom. The molecule has 66 valence electrons. The van der Waals surface area contributed by atoms with E-state index in [2.05, 4.69) is 36.5 Å². The molecule has 2 aliphatic heterocycles. The number of halogens is 1. The van der Waals surface area contributed by atoms with Crippen LogP contribution in [-0.4, -0.2) is 23.0 Å². The Labute approximate surface area is 77.9 Å². The van der Waals surface area contributed by atoms with Crippen LogP contribution in [-0.2, 0) is 0 Å². The van der Waals surface area contributed by atoms with Crippen LogP contribution in [0.5, 0.6) is 0 Å². The summed E-state index contributed by atoms with van der Waals surface area (Å²) in [7, 11) is 2.06. The predicted molar refractivity (Wildman–Crippen MR) is 50.7 cm³/mol. The van der Waals surface area contributed by atoms with E-state index in [-0.39, 0.29) is 11.0 Å². The van der Waals surface area contributed by atoms with Gasteiger partial charge in [-0.25, -0.2) is 0 Å². The van der Waals surface area contributed by atoms with Crippen LogP contribution in [0.15, 0.2) is 24.6 Å². The van der Waals surface area contributed by atoms with E-state index >= 15 is 0 Å². The average molecular weight is 185 g/mol. The summed E-state index contributed by atoms with van der Waals surface area (Å²) in [4.78, 5) is 2.16. The smallest absolute Gasteiger partial charge is 0.114 e. The lowest BCUT2D eigenvalue weighted by Crippen LogP contribution is -2.56. The molecular weight excluding hydrogens is 172 g/mol. The molecule has 0 fully saturated rings. The maximum Gasteiger partial charge on any atom is 0.114 e. The fraction of sp³-hybridized carbons (Fsp3) is 0.556. The summed E-state index contributed by atoms with van der Waals surface area (Å²) in [6.07, 6.45) is 8.18. The van der Waals surface area contributed by atoms with Gasteiger partial charge in [-0.15, -0.1) is 11.6 Å². The van der Waals surface area contributed by atoms with E-state index < -0.39 is 0 Å². The number of hydrogen-bond acceptors (Lipinski definition) is 2. The molecule has 0 spiro atoms. The van der Waals surface area contributed by atoms with Gasteiger partial charge >= 0.3 is 0 Å². The highest BCUT2D eigenvalue weighted by Crippen LogP contribution is 2.36. The van der Waals surface area contributed by atoms with Crippen molar-refractivity contribution in [2.75, 3.05) is 7.05 Å². The van der Waals surface area contributed by atoms with Crippen molar-refractivity contribution in [3.05, 3.63) is 24.6 Å². The van der Waals surface area contributed by atoms with Crippen LogP contribution in [0.2, 0.25) is 0 Å². The van der Waals surface area contributed by atoms with Crippen molar-refractivity contribution in [2.24, 2.45) is 5.92 Å². The van der Waals surface area contributed by atoms with Crippen LogP contribution in [0.3, 0.4) is 0 Å². The van der Waals surface area contributed by atoms with Gasteiger partial charge in [0.15, 0.2) is 0 Å². The molecule has 0 radical (unpaired) electrons. The van der Waals surface area contributed by atoms with Gasteiger partial charge in [0.2, 0.25) is 0 Å². The molecule has 2 aliphatic rings. The lowest BCUT2D eigenvalue weighted by molar-refractivity contribution is 0.138. The molecule has 2 nitrogen and oxygen atoms in total. The molecule has 3 heteroatoms. The molecule has 0 aromatic heterocycles. The summed E-state index contributed by atoms with van der Waals surface area (Å²) in [5.41, 5.74) is -0.0266. The second-order valence-electron chi connectivity index (χ2n) is 3.57. The first-order valence-corrected chi connectivity index (χ1v) is 4.58.